The van der Waals surface area contributed by atoms with Gasteiger partial charge in [0, 0.05) is 6.42 Å². The molecule has 4 rings (SSSR count). The van der Waals surface area contributed by atoms with Crippen LogP contribution in [0.3, 0.4) is 0 Å². The SMILES string of the molecule is C[C@H](CC(=O)O)[C@@H]1CC[C@@H]2[C@@H]3CC[C@@H]4C[C@H](O)CC[C@]4(C)[C@H]3C[C@H](O)[C@]21C. The van der Waals surface area contributed by atoms with E-state index in [1.807, 2.05) is 0 Å². The predicted molar refractivity (Wildman–Crippen MR) is 104 cm³/mol. The van der Waals surface area contributed by atoms with Crippen molar-refractivity contribution in [3.63, 3.8) is 0 Å². The maximum atomic E-state index is 11.4. The molecule has 0 aromatic heterocycles. The highest BCUT2D eigenvalue weighted by Gasteiger charge is 2.63. The van der Waals surface area contributed by atoms with Gasteiger partial charge in [0.05, 0.1) is 12.2 Å². The summed E-state index contributed by atoms with van der Waals surface area (Å²) in [5.74, 6) is 2.07. The first-order valence-electron chi connectivity index (χ1n) is 11.3. The lowest BCUT2D eigenvalue weighted by atomic mass is 9.43. The van der Waals surface area contributed by atoms with Crippen LogP contribution in [-0.4, -0.2) is 33.5 Å². The molecule has 0 amide bonds. The van der Waals surface area contributed by atoms with Crippen molar-refractivity contribution in [2.45, 2.75) is 90.8 Å². The highest BCUT2D eigenvalue weighted by atomic mass is 16.4. The van der Waals surface area contributed by atoms with Gasteiger partial charge in [-0.3, -0.25) is 4.79 Å². The van der Waals surface area contributed by atoms with Crippen LogP contribution in [0.4, 0.5) is 0 Å². The van der Waals surface area contributed by atoms with Gasteiger partial charge < -0.3 is 15.3 Å². The molecule has 4 nitrogen and oxygen atoms in total. The smallest absolute Gasteiger partial charge is 0.303 e. The Morgan fingerprint density at radius 2 is 1.78 bits per heavy atom. The Bertz CT molecular complexity index is 591. The van der Waals surface area contributed by atoms with Crippen molar-refractivity contribution in [2.24, 2.45) is 46.3 Å². The van der Waals surface area contributed by atoms with Crippen molar-refractivity contribution in [1.82, 2.24) is 0 Å². The van der Waals surface area contributed by atoms with Crippen LogP contribution in [0.1, 0.15) is 78.6 Å². The Morgan fingerprint density at radius 1 is 1.04 bits per heavy atom. The number of aliphatic carboxylic acids is 1. The lowest BCUT2D eigenvalue weighted by Gasteiger charge is -2.62. The molecule has 4 aliphatic rings. The first kappa shape index (κ1) is 19.7. The van der Waals surface area contributed by atoms with E-state index in [-0.39, 0.29) is 35.4 Å². The fourth-order valence-corrected chi connectivity index (χ4v) is 8.58. The number of hydrogen-bond acceptors (Lipinski definition) is 3. The third-order valence-electron chi connectivity index (χ3n) is 10.00. The van der Waals surface area contributed by atoms with Crippen LogP contribution in [0.5, 0.6) is 0 Å². The first-order valence-corrected chi connectivity index (χ1v) is 11.3. The second kappa shape index (κ2) is 6.73. The highest BCUT2D eigenvalue weighted by molar-refractivity contribution is 5.67. The zero-order valence-corrected chi connectivity index (χ0v) is 17.2. The number of hydrogen-bond donors (Lipinski definition) is 3. The standard InChI is InChI=1S/C23H38O4/c1-13(10-21(26)27)17-6-7-18-16-5-4-14-11-15(24)8-9-22(14,2)19(16)12-20(25)23(17,18)3/h13-20,24-25H,4-12H2,1-3H3,(H,26,27)/t13-,14-,15-,16+,17+,18-,19+,20+,22+,23+/m1/s1. The topological polar surface area (TPSA) is 77.8 Å². The van der Waals surface area contributed by atoms with Crippen molar-refractivity contribution in [2.75, 3.05) is 0 Å². The molecule has 3 N–H and O–H groups in total. The molecule has 4 heteroatoms. The summed E-state index contributed by atoms with van der Waals surface area (Å²) in [6.45, 7) is 6.79. The molecule has 0 saturated heterocycles. The zero-order chi connectivity index (χ0) is 19.6. The number of fused-ring (bicyclic) bond motifs is 5. The van der Waals surface area contributed by atoms with Crippen LogP contribution in [0.25, 0.3) is 0 Å². The average Bonchev–Trinajstić information content (AvgIpc) is 2.95. The van der Waals surface area contributed by atoms with Gasteiger partial charge in [0.15, 0.2) is 0 Å². The summed E-state index contributed by atoms with van der Waals surface area (Å²) < 4.78 is 0. The van der Waals surface area contributed by atoms with Crippen LogP contribution >= 0.6 is 0 Å². The fourth-order valence-electron chi connectivity index (χ4n) is 8.58. The van der Waals surface area contributed by atoms with Crippen molar-refractivity contribution >= 4 is 5.97 Å². The number of carboxylic acid groups (broad SMARTS) is 1. The second-order valence-electron chi connectivity index (χ2n) is 11.0. The molecule has 0 aliphatic heterocycles. The number of rotatable bonds is 3. The van der Waals surface area contributed by atoms with Gasteiger partial charge in [-0.25, -0.2) is 0 Å². The lowest BCUT2D eigenvalue weighted by molar-refractivity contribution is -0.175. The summed E-state index contributed by atoms with van der Waals surface area (Å²) in [6, 6.07) is 0. The van der Waals surface area contributed by atoms with Crippen LogP contribution in [-0.2, 0) is 4.79 Å². The van der Waals surface area contributed by atoms with E-state index in [1.54, 1.807) is 0 Å². The van der Waals surface area contributed by atoms with Crippen molar-refractivity contribution in [1.29, 1.82) is 0 Å². The summed E-state index contributed by atoms with van der Waals surface area (Å²) in [5, 5.41) is 30.8. The number of carbonyl (C=O) groups is 1. The largest absolute Gasteiger partial charge is 0.481 e. The first-order chi connectivity index (χ1) is 12.7. The van der Waals surface area contributed by atoms with E-state index >= 15 is 0 Å². The van der Waals surface area contributed by atoms with Crippen molar-refractivity contribution in [3.8, 4) is 0 Å². The molecule has 4 saturated carbocycles. The van der Waals surface area contributed by atoms with Gasteiger partial charge in [-0.05, 0) is 97.7 Å². The highest BCUT2D eigenvalue weighted by Crippen LogP contribution is 2.68. The number of carboxylic acids is 1. The predicted octanol–water partition coefficient (Wildman–Crippen LogP) is 4.09. The third-order valence-corrected chi connectivity index (χ3v) is 10.00. The van der Waals surface area contributed by atoms with E-state index < -0.39 is 5.97 Å². The minimum Gasteiger partial charge on any atom is -0.481 e. The molecular formula is C23H38O4. The van der Waals surface area contributed by atoms with Crippen LogP contribution in [0, 0.1) is 46.3 Å². The van der Waals surface area contributed by atoms with Crippen LogP contribution in [0.2, 0.25) is 0 Å². The van der Waals surface area contributed by atoms with Gasteiger partial charge in [-0.2, -0.15) is 0 Å². The Morgan fingerprint density at radius 3 is 2.48 bits per heavy atom. The summed E-state index contributed by atoms with van der Waals surface area (Å²) in [7, 11) is 0. The van der Waals surface area contributed by atoms with E-state index in [9.17, 15) is 20.1 Å². The van der Waals surface area contributed by atoms with Crippen LogP contribution < -0.4 is 0 Å². The Kier molecular flexibility index (Phi) is 4.91. The van der Waals surface area contributed by atoms with Crippen LogP contribution in [0.15, 0.2) is 0 Å². The second-order valence-corrected chi connectivity index (χ2v) is 11.0. The monoisotopic (exact) mass is 378 g/mol. The van der Waals surface area contributed by atoms with Gasteiger partial charge in [-0.15, -0.1) is 0 Å². The number of aliphatic hydroxyl groups is 2. The van der Waals surface area contributed by atoms with E-state index in [0.717, 1.165) is 38.5 Å². The summed E-state index contributed by atoms with van der Waals surface area (Å²) in [5.41, 5.74) is 0.128. The van der Waals surface area contributed by atoms with Gasteiger partial charge in [-0.1, -0.05) is 20.8 Å². The quantitative estimate of drug-likeness (QED) is 0.691. The summed E-state index contributed by atoms with van der Waals surface area (Å²) >= 11 is 0. The molecule has 154 valence electrons. The van der Waals surface area contributed by atoms with Crippen molar-refractivity contribution in [3.05, 3.63) is 0 Å². The maximum Gasteiger partial charge on any atom is 0.303 e. The molecule has 4 aliphatic carbocycles. The van der Waals surface area contributed by atoms with Gasteiger partial charge >= 0.3 is 5.97 Å². The van der Waals surface area contributed by atoms with E-state index in [0.29, 0.717) is 29.6 Å². The maximum absolute atomic E-state index is 11.4. The molecule has 0 spiro atoms. The minimum absolute atomic E-state index is 0.125. The Labute approximate surface area is 163 Å². The van der Waals surface area contributed by atoms with Crippen molar-refractivity contribution < 1.29 is 20.1 Å². The van der Waals surface area contributed by atoms with Gasteiger partial charge in [0.25, 0.3) is 0 Å². The fraction of sp³-hybridized carbons (Fsp3) is 0.957. The van der Waals surface area contributed by atoms with E-state index in [1.165, 1.54) is 12.8 Å². The molecule has 0 bridgehead atoms. The number of aliphatic hydroxyl groups excluding tert-OH is 2. The molecule has 0 radical (unpaired) electrons. The summed E-state index contributed by atoms with van der Waals surface area (Å²) in [6.07, 6.45) is 8.22. The average molecular weight is 379 g/mol. The molecular weight excluding hydrogens is 340 g/mol. The van der Waals surface area contributed by atoms with E-state index in [4.69, 9.17) is 0 Å². The molecule has 0 aromatic rings. The molecule has 0 unspecified atom stereocenters. The molecule has 10 atom stereocenters. The van der Waals surface area contributed by atoms with Gasteiger partial charge in [0.1, 0.15) is 0 Å². The molecule has 4 fully saturated rings. The normalized spacial score (nSPS) is 53.1. The molecule has 27 heavy (non-hydrogen) atoms. The molecule has 0 heterocycles. The Hall–Kier alpha value is -0.610. The molecule has 0 aromatic carbocycles. The minimum atomic E-state index is -0.716. The van der Waals surface area contributed by atoms with Gasteiger partial charge in [0.2, 0.25) is 0 Å². The lowest BCUT2D eigenvalue weighted by Crippen LogP contribution is -2.58. The zero-order valence-electron chi connectivity index (χ0n) is 17.2. The third kappa shape index (κ3) is 2.88. The van der Waals surface area contributed by atoms with E-state index in [2.05, 4.69) is 20.8 Å². The summed E-state index contributed by atoms with van der Waals surface area (Å²) in [4.78, 5) is 11.3. The Balaban J connectivity index is 1.60.